The maximum Gasteiger partial charge on any atom is 0.308 e. The van der Waals surface area contributed by atoms with Gasteiger partial charge in [0.05, 0.1) is 5.92 Å². The monoisotopic (exact) mass is 259 g/mol. The van der Waals surface area contributed by atoms with Crippen molar-refractivity contribution in [2.45, 2.75) is 6.42 Å². The number of anilines is 1. The molecule has 1 N–H and O–H groups in total. The van der Waals surface area contributed by atoms with Gasteiger partial charge in [-0.3, -0.25) is 9.59 Å². The molecule has 0 aromatic heterocycles. The molecular formula is C11H8F3NO3. The lowest BCUT2D eigenvalue weighted by molar-refractivity contribution is -0.141. The number of aliphatic carboxylic acids is 1. The second kappa shape index (κ2) is 4.32. The molecule has 1 amide bonds. The third-order valence-electron chi connectivity index (χ3n) is 2.73. The Morgan fingerprint density at radius 1 is 1.28 bits per heavy atom. The van der Waals surface area contributed by atoms with Gasteiger partial charge < -0.3 is 10.0 Å². The number of benzene rings is 1. The van der Waals surface area contributed by atoms with Gasteiger partial charge in [-0.15, -0.1) is 0 Å². The SMILES string of the molecule is O=C(O)C1CC(=O)N(c2c(F)cc(F)cc2F)C1. The number of halogens is 3. The number of carbonyl (C=O) groups is 2. The lowest BCUT2D eigenvalue weighted by atomic mass is 10.1. The highest BCUT2D eigenvalue weighted by Gasteiger charge is 2.37. The van der Waals surface area contributed by atoms with Crippen LogP contribution >= 0.6 is 0 Å². The molecule has 1 saturated heterocycles. The van der Waals surface area contributed by atoms with E-state index in [9.17, 15) is 22.8 Å². The first kappa shape index (κ1) is 12.4. The van der Waals surface area contributed by atoms with E-state index >= 15 is 0 Å². The molecule has 4 nitrogen and oxygen atoms in total. The highest BCUT2D eigenvalue weighted by Crippen LogP contribution is 2.30. The maximum atomic E-state index is 13.4. The zero-order valence-corrected chi connectivity index (χ0v) is 8.99. The average Bonchev–Trinajstić information content (AvgIpc) is 2.59. The Labute approximate surface area is 99.6 Å². The topological polar surface area (TPSA) is 57.6 Å². The van der Waals surface area contributed by atoms with Crippen molar-refractivity contribution in [1.29, 1.82) is 0 Å². The molecule has 0 bridgehead atoms. The van der Waals surface area contributed by atoms with Crippen molar-refractivity contribution in [2.75, 3.05) is 11.4 Å². The number of amides is 1. The van der Waals surface area contributed by atoms with Crippen molar-refractivity contribution in [1.82, 2.24) is 0 Å². The van der Waals surface area contributed by atoms with Crippen LogP contribution in [0.1, 0.15) is 6.42 Å². The molecule has 0 saturated carbocycles. The Balaban J connectivity index is 2.39. The van der Waals surface area contributed by atoms with Gasteiger partial charge in [0, 0.05) is 25.1 Å². The second-order valence-electron chi connectivity index (χ2n) is 3.96. The number of rotatable bonds is 2. The normalized spacial score (nSPS) is 19.4. The number of carbonyl (C=O) groups excluding carboxylic acids is 1. The van der Waals surface area contributed by atoms with Crippen LogP contribution in [0.5, 0.6) is 0 Å². The molecule has 1 fully saturated rings. The van der Waals surface area contributed by atoms with Crippen molar-refractivity contribution in [3.8, 4) is 0 Å². The molecule has 1 aromatic rings. The largest absolute Gasteiger partial charge is 0.481 e. The summed E-state index contributed by atoms with van der Waals surface area (Å²) in [5, 5.41) is 8.75. The van der Waals surface area contributed by atoms with Crippen LogP contribution in [0.25, 0.3) is 0 Å². The van der Waals surface area contributed by atoms with E-state index in [4.69, 9.17) is 5.11 Å². The van der Waals surface area contributed by atoms with Crippen LogP contribution in [0.2, 0.25) is 0 Å². The number of hydrogen-bond donors (Lipinski definition) is 1. The van der Waals surface area contributed by atoms with Gasteiger partial charge in [-0.2, -0.15) is 0 Å². The highest BCUT2D eigenvalue weighted by molar-refractivity contribution is 5.99. The maximum absolute atomic E-state index is 13.4. The minimum absolute atomic E-state index is 0.326. The van der Waals surface area contributed by atoms with Crippen LogP contribution in [-0.2, 0) is 9.59 Å². The van der Waals surface area contributed by atoms with Crippen LogP contribution in [0.3, 0.4) is 0 Å². The molecule has 2 rings (SSSR count). The minimum Gasteiger partial charge on any atom is -0.481 e. The Morgan fingerprint density at radius 2 is 1.83 bits per heavy atom. The Kier molecular flexibility index (Phi) is 2.98. The van der Waals surface area contributed by atoms with Gasteiger partial charge in [0.25, 0.3) is 0 Å². The predicted octanol–water partition coefficient (Wildman–Crippen LogP) is 1.54. The number of carboxylic acid groups (broad SMARTS) is 1. The van der Waals surface area contributed by atoms with Crippen LogP contribution < -0.4 is 4.90 Å². The van der Waals surface area contributed by atoms with E-state index in [0.717, 1.165) is 0 Å². The van der Waals surface area contributed by atoms with Crippen molar-refractivity contribution in [2.24, 2.45) is 5.92 Å². The Morgan fingerprint density at radius 3 is 2.28 bits per heavy atom. The Bertz CT molecular complexity index is 509. The summed E-state index contributed by atoms with van der Waals surface area (Å²) in [5.41, 5.74) is -0.704. The number of carboxylic acids is 1. The van der Waals surface area contributed by atoms with E-state index in [0.29, 0.717) is 17.0 Å². The van der Waals surface area contributed by atoms with Gasteiger partial charge >= 0.3 is 5.97 Å². The van der Waals surface area contributed by atoms with Gasteiger partial charge in [0.15, 0.2) is 11.6 Å². The molecule has 1 heterocycles. The zero-order chi connectivity index (χ0) is 13.4. The van der Waals surface area contributed by atoms with Crippen molar-refractivity contribution >= 4 is 17.6 Å². The van der Waals surface area contributed by atoms with Gasteiger partial charge in [-0.05, 0) is 0 Å². The third-order valence-corrected chi connectivity index (χ3v) is 2.73. The summed E-state index contributed by atoms with van der Waals surface area (Å²) in [4.78, 5) is 22.9. The summed E-state index contributed by atoms with van der Waals surface area (Å²) < 4.78 is 39.6. The summed E-state index contributed by atoms with van der Waals surface area (Å²) in [6, 6.07) is 0.888. The van der Waals surface area contributed by atoms with Crippen LogP contribution in [-0.4, -0.2) is 23.5 Å². The summed E-state index contributed by atoms with van der Waals surface area (Å²) in [7, 11) is 0. The third kappa shape index (κ3) is 2.03. The molecule has 1 atom stereocenters. The summed E-state index contributed by atoms with van der Waals surface area (Å²) in [6.07, 6.45) is -0.328. The number of nitrogens with zero attached hydrogens (tertiary/aromatic N) is 1. The van der Waals surface area contributed by atoms with E-state index < -0.39 is 40.9 Å². The molecule has 0 radical (unpaired) electrons. The molecule has 1 unspecified atom stereocenters. The van der Waals surface area contributed by atoms with Crippen molar-refractivity contribution in [3.05, 3.63) is 29.6 Å². The average molecular weight is 259 g/mol. The van der Waals surface area contributed by atoms with E-state index in [-0.39, 0.29) is 13.0 Å². The van der Waals surface area contributed by atoms with E-state index in [1.54, 1.807) is 0 Å². The van der Waals surface area contributed by atoms with E-state index in [1.807, 2.05) is 0 Å². The smallest absolute Gasteiger partial charge is 0.308 e. The standard InChI is InChI=1S/C11H8F3NO3/c12-6-2-7(13)10(8(14)3-6)15-4-5(11(17)18)1-9(15)16/h2-3,5H,1,4H2,(H,17,18). The fourth-order valence-electron chi connectivity index (χ4n) is 1.88. The first-order valence-corrected chi connectivity index (χ1v) is 5.08. The molecule has 1 aliphatic heterocycles. The molecule has 0 spiro atoms. The Hall–Kier alpha value is -2.05. The summed E-state index contributed by atoms with van der Waals surface area (Å²) >= 11 is 0. The van der Waals surface area contributed by atoms with E-state index in [2.05, 4.69) is 0 Å². The van der Waals surface area contributed by atoms with Gasteiger partial charge in [0.2, 0.25) is 5.91 Å². The zero-order valence-electron chi connectivity index (χ0n) is 8.99. The van der Waals surface area contributed by atoms with E-state index in [1.165, 1.54) is 0 Å². The molecular weight excluding hydrogens is 251 g/mol. The first-order chi connectivity index (χ1) is 8.40. The van der Waals surface area contributed by atoms with Gasteiger partial charge in [0.1, 0.15) is 11.5 Å². The first-order valence-electron chi connectivity index (χ1n) is 5.08. The summed E-state index contributed by atoms with van der Waals surface area (Å²) in [5.74, 6) is -6.49. The number of hydrogen-bond acceptors (Lipinski definition) is 2. The summed E-state index contributed by atoms with van der Waals surface area (Å²) in [6.45, 7) is -0.326. The molecule has 18 heavy (non-hydrogen) atoms. The molecule has 1 aromatic carbocycles. The van der Waals surface area contributed by atoms with Gasteiger partial charge in [-0.25, -0.2) is 13.2 Å². The van der Waals surface area contributed by atoms with Crippen LogP contribution in [0.4, 0.5) is 18.9 Å². The van der Waals surface area contributed by atoms with Crippen molar-refractivity contribution < 1.29 is 27.9 Å². The second-order valence-corrected chi connectivity index (χ2v) is 3.96. The minimum atomic E-state index is -1.23. The molecule has 1 aliphatic rings. The quantitative estimate of drug-likeness (QED) is 0.876. The fraction of sp³-hybridized carbons (Fsp3) is 0.273. The highest BCUT2D eigenvalue weighted by atomic mass is 19.1. The molecule has 0 aliphatic carbocycles. The van der Waals surface area contributed by atoms with Gasteiger partial charge in [-0.1, -0.05) is 0 Å². The predicted molar refractivity (Wildman–Crippen MR) is 54.4 cm³/mol. The van der Waals surface area contributed by atoms with Crippen molar-refractivity contribution in [3.63, 3.8) is 0 Å². The fourth-order valence-corrected chi connectivity index (χ4v) is 1.88. The molecule has 7 heteroatoms. The lowest BCUT2D eigenvalue weighted by Crippen LogP contribution is -2.27. The lowest BCUT2D eigenvalue weighted by Gasteiger charge is -2.17. The van der Waals surface area contributed by atoms with Crippen LogP contribution in [0, 0.1) is 23.4 Å². The molecule has 96 valence electrons. The van der Waals surface area contributed by atoms with Crippen LogP contribution in [0.15, 0.2) is 12.1 Å².